The Hall–Kier alpha value is -0.410. The van der Waals surface area contributed by atoms with Gasteiger partial charge in [0.1, 0.15) is 5.78 Å². The van der Waals surface area contributed by atoms with Crippen molar-refractivity contribution in [2.75, 3.05) is 19.8 Å². The highest BCUT2D eigenvalue weighted by atomic mass is 16.5. The molecule has 2 atom stereocenters. The van der Waals surface area contributed by atoms with Crippen molar-refractivity contribution in [1.29, 1.82) is 0 Å². The standard InChI is InChI=1S/C14H25NO2/c1-2-8-15-13-10-17-9-12(13)14(16)11-6-4-3-5-7-11/h11-13,15H,2-10H2,1H3. The zero-order chi connectivity index (χ0) is 12.1. The van der Waals surface area contributed by atoms with Gasteiger partial charge < -0.3 is 10.1 Å². The second-order valence-corrected chi connectivity index (χ2v) is 5.44. The number of nitrogens with one attached hydrogen (secondary N) is 1. The summed E-state index contributed by atoms with van der Waals surface area (Å²) in [6, 6.07) is 0.268. The molecule has 17 heavy (non-hydrogen) atoms. The van der Waals surface area contributed by atoms with Crippen molar-refractivity contribution in [1.82, 2.24) is 5.32 Å². The number of Topliss-reactive ketones (excluding diaryl/α,β-unsaturated/α-hetero) is 1. The minimum absolute atomic E-state index is 0.115. The third-order valence-corrected chi connectivity index (χ3v) is 4.11. The van der Waals surface area contributed by atoms with Crippen molar-refractivity contribution in [3.8, 4) is 0 Å². The van der Waals surface area contributed by atoms with Gasteiger partial charge in [-0.3, -0.25) is 4.79 Å². The molecule has 1 heterocycles. The van der Waals surface area contributed by atoms with E-state index in [9.17, 15) is 4.79 Å². The first-order valence-electron chi connectivity index (χ1n) is 7.17. The average Bonchev–Trinajstić information content (AvgIpc) is 2.84. The number of hydrogen-bond donors (Lipinski definition) is 1. The molecule has 1 aliphatic carbocycles. The molecule has 1 saturated heterocycles. The molecule has 0 aromatic carbocycles. The topological polar surface area (TPSA) is 38.3 Å². The first kappa shape index (κ1) is 13.0. The number of ether oxygens (including phenoxy) is 1. The predicted molar refractivity (Wildman–Crippen MR) is 68.0 cm³/mol. The number of carbonyl (C=O) groups is 1. The molecule has 0 aromatic rings. The van der Waals surface area contributed by atoms with E-state index in [0.29, 0.717) is 24.9 Å². The lowest BCUT2D eigenvalue weighted by Gasteiger charge is -2.25. The summed E-state index contributed by atoms with van der Waals surface area (Å²) in [6.07, 6.45) is 7.10. The lowest BCUT2D eigenvalue weighted by atomic mass is 9.80. The normalized spacial score (nSPS) is 30.6. The number of ketones is 1. The van der Waals surface area contributed by atoms with Gasteiger partial charge in [0.2, 0.25) is 0 Å². The van der Waals surface area contributed by atoms with Crippen molar-refractivity contribution >= 4 is 5.78 Å². The largest absolute Gasteiger partial charge is 0.379 e. The Labute approximate surface area is 104 Å². The molecule has 0 aromatic heterocycles. The molecule has 2 aliphatic rings. The first-order chi connectivity index (χ1) is 8.33. The van der Waals surface area contributed by atoms with E-state index in [4.69, 9.17) is 4.74 Å². The van der Waals surface area contributed by atoms with Crippen LogP contribution in [-0.4, -0.2) is 31.6 Å². The van der Waals surface area contributed by atoms with Crippen molar-refractivity contribution in [3.05, 3.63) is 0 Å². The summed E-state index contributed by atoms with van der Waals surface area (Å²) in [5.74, 6) is 0.904. The van der Waals surface area contributed by atoms with Gasteiger partial charge in [0.05, 0.1) is 19.1 Å². The quantitative estimate of drug-likeness (QED) is 0.799. The molecule has 1 aliphatic heterocycles. The van der Waals surface area contributed by atoms with Crippen LogP contribution in [0, 0.1) is 11.8 Å². The van der Waals surface area contributed by atoms with Crippen LogP contribution in [0.3, 0.4) is 0 Å². The summed E-state index contributed by atoms with van der Waals surface area (Å²) in [5, 5.41) is 3.46. The molecule has 3 heteroatoms. The van der Waals surface area contributed by atoms with E-state index in [-0.39, 0.29) is 12.0 Å². The number of rotatable bonds is 5. The fourth-order valence-corrected chi connectivity index (χ4v) is 3.06. The van der Waals surface area contributed by atoms with Crippen molar-refractivity contribution in [2.45, 2.75) is 51.5 Å². The van der Waals surface area contributed by atoms with E-state index >= 15 is 0 Å². The van der Waals surface area contributed by atoms with Crippen LogP contribution in [0.4, 0.5) is 0 Å². The summed E-state index contributed by atoms with van der Waals surface area (Å²) in [4.78, 5) is 12.5. The molecule has 98 valence electrons. The van der Waals surface area contributed by atoms with E-state index in [2.05, 4.69) is 12.2 Å². The van der Waals surface area contributed by atoms with Crippen molar-refractivity contribution in [3.63, 3.8) is 0 Å². The highest BCUT2D eigenvalue weighted by Gasteiger charge is 2.37. The molecule has 2 fully saturated rings. The Kier molecular flexibility index (Phi) is 4.99. The minimum Gasteiger partial charge on any atom is -0.379 e. The van der Waals surface area contributed by atoms with Crippen LogP contribution in [-0.2, 0) is 9.53 Å². The summed E-state index contributed by atoms with van der Waals surface area (Å²) < 4.78 is 5.50. The van der Waals surface area contributed by atoms with Gasteiger partial charge >= 0.3 is 0 Å². The maximum atomic E-state index is 12.5. The summed E-state index contributed by atoms with van der Waals surface area (Å²) in [7, 11) is 0. The monoisotopic (exact) mass is 239 g/mol. The number of carbonyl (C=O) groups excluding carboxylic acids is 1. The van der Waals surface area contributed by atoms with E-state index in [1.54, 1.807) is 0 Å². The molecular weight excluding hydrogens is 214 g/mol. The predicted octanol–water partition coefficient (Wildman–Crippen LogP) is 2.15. The molecular formula is C14H25NO2. The zero-order valence-corrected chi connectivity index (χ0v) is 10.9. The van der Waals surface area contributed by atoms with Crippen molar-refractivity contribution in [2.24, 2.45) is 11.8 Å². The lowest BCUT2D eigenvalue weighted by molar-refractivity contribution is -0.128. The second kappa shape index (κ2) is 6.50. The van der Waals surface area contributed by atoms with Gasteiger partial charge in [0, 0.05) is 12.0 Å². The van der Waals surface area contributed by atoms with Crippen molar-refractivity contribution < 1.29 is 9.53 Å². The van der Waals surface area contributed by atoms with Gasteiger partial charge in [-0.2, -0.15) is 0 Å². The lowest BCUT2D eigenvalue weighted by Crippen LogP contribution is -2.42. The molecule has 0 amide bonds. The Balaban J connectivity index is 1.88. The highest BCUT2D eigenvalue weighted by molar-refractivity contribution is 5.84. The highest BCUT2D eigenvalue weighted by Crippen LogP contribution is 2.29. The van der Waals surface area contributed by atoms with Gasteiger partial charge in [-0.15, -0.1) is 0 Å². The Bertz CT molecular complexity index is 249. The molecule has 1 N–H and O–H groups in total. The second-order valence-electron chi connectivity index (χ2n) is 5.44. The molecule has 0 spiro atoms. The Morgan fingerprint density at radius 2 is 2.00 bits per heavy atom. The van der Waals surface area contributed by atoms with Crippen LogP contribution in [0.15, 0.2) is 0 Å². The fourth-order valence-electron chi connectivity index (χ4n) is 3.06. The van der Waals surface area contributed by atoms with Crippen LogP contribution in [0.5, 0.6) is 0 Å². The van der Waals surface area contributed by atoms with E-state index in [1.807, 2.05) is 0 Å². The van der Waals surface area contributed by atoms with E-state index in [0.717, 1.165) is 25.8 Å². The summed E-state index contributed by atoms with van der Waals surface area (Å²) in [5.41, 5.74) is 0. The molecule has 0 radical (unpaired) electrons. The van der Waals surface area contributed by atoms with Gasteiger partial charge in [-0.25, -0.2) is 0 Å². The molecule has 3 nitrogen and oxygen atoms in total. The van der Waals surface area contributed by atoms with Crippen LogP contribution in [0.25, 0.3) is 0 Å². The smallest absolute Gasteiger partial charge is 0.142 e. The third kappa shape index (κ3) is 3.29. The summed E-state index contributed by atoms with van der Waals surface area (Å²) in [6.45, 7) is 4.49. The Morgan fingerprint density at radius 1 is 1.24 bits per heavy atom. The van der Waals surface area contributed by atoms with Crippen LogP contribution in [0.2, 0.25) is 0 Å². The van der Waals surface area contributed by atoms with Gasteiger partial charge in [0.15, 0.2) is 0 Å². The molecule has 1 saturated carbocycles. The molecule has 0 bridgehead atoms. The summed E-state index contributed by atoms with van der Waals surface area (Å²) >= 11 is 0. The maximum Gasteiger partial charge on any atom is 0.142 e. The zero-order valence-electron chi connectivity index (χ0n) is 10.9. The van der Waals surface area contributed by atoms with Crippen LogP contribution < -0.4 is 5.32 Å². The van der Waals surface area contributed by atoms with Gasteiger partial charge in [-0.05, 0) is 25.8 Å². The fraction of sp³-hybridized carbons (Fsp3) is 0.929. The Morgan fingerprint density at radius 3 is 2.71 bits per heavy atom. The molecule has 2 rings (SSSR count). The molecule has 2 unspecified atom stereocenters. The van der Waals surface area contributed by atoms with E-state index in [1.165, 1.54) is 19.3 Å². The van der Waals surface area contributed by atoms with Crippen LogP contribution >= 0.6 is 0 Å². The SMILES string of the molecule is CCCNC1COCC1C(=O)C1CCCCC1. The van der Waals surface area contributed by atoms with Gasteiger partial charge in [-0.1, -0.05) is 26.2 Å². The maximum absolute atomic E-state index is 12.5. The average molecular weight is 239 g/mol. The third-order valence-electron chi connectivity index (χ3n) is 4.11. The van der Waals surface area contributed by atoms with Gasteiger partial charge in [0.25, 0.3) is 0 Å². The van der Waals surface area contributed by atoms with Crippen LogP contribution in [0.1, 0.15) is 45.4 Å². The number of hydrogen-bond acceptors (Lipinski definition) is 3. The first-order valence-corrected chi connectivity index (χ1v) is 7.17. The minimum atomic E-state index is 0.115. The van der Waals surface area contributed by atoms with E-state index < -0.39 is 0 Å².